The lowest BCUT2D eigenvalue weighted by molar-refractivity contribution is 0.538. The number of halogens is 1. The van der Waals surface area contributed by atoms with Gasteiger partial charge in [0.15, 0.2) is 0 Å². The molecule has 19 heavy (non-hydrogen) atoms. The number of hydrogen-bond acceptors (Lipinski definition) is 5. The maximum atomic E-state index is 5.67. The smallest absolute Gasteiger partial charge is 0.0648 e. The maximum absolute atomic E-state index is 5.67. The minimum Gasteiger partial charge on any atom is -0.271 e. The second kappa shape index (κ2) is 6.18. The number of rotatable bonds is 4. The molecule has 2 aromatic rings. The van der Waals surface area contributed by atoms with Gasteiger partial charge in [0, 0.05) is 22.8 Å². The molecule has 0 aliphatic rings. The first kappa shape index (κ1) is 14.0. The Hall–Kier alpha value is -1.37. The summed E-state index contributed by atoms with van der Waals surface area (Å²) < 4.78 is 0.964. The normalized spacial score (nSPS) is 12.4. The Morgan fingerprint density at radius 3 is 2.74 bits per heavy atom. The number of hydrogen-bond donors (Lipinski definition) is 2. The van der Waals surface area contributed by atoms with Gasteiger partial charge in [0.2, 0.25) is 0 Å². The molecule has 1 unspecified atom stereocenters. The van der Waals surface area contributed by atoms with Gasteiger partial charge in [0.1, 0.15) is 0 Å². The molecule has 6 heteroatoms. The first-order valence-electron chi connectivity index (χ1n) is 5.97. The molecule has 0 spiro atoms. The van der Waals surface area contributed by atoms with Crippen LogP contribution in [0.2, 0.25) is 0 Å². The minimum absolute atomic E-state index is 0.0251. The summed E-state index contributed by atoms with van der Waals surface area (Å²) in [5.41, 5.74) is 6.62. The molecule has 0 aromatic carbocycles. The van der Waals surface area contributed by atoms with Crippen LogP contribution in [0.4, 0.5) is 0 Å². The Balaban J connectivity index is 2.24. The van der Waals surface area contributed by atoms with Gasteiger partial charge >= 0.3 is 0 Å². The van der Waals surface area contributed by atoms with Gasteiger partial charge < -0.3 is 0 Å². The third-order valence-electron chi connectivity index (χ3n) is 2.92. The van der Waals surface area contributed by atoms with Crippen LogP contribution in [0.25, 0.3) is 0 Å². The van der Waals surface area contributed by atoms with Crippen LogP contribution < -0.4 is 11.3 Å². The molecule has 0 fully saturated rings. The lowest BCUT2D eigenvalue weighted by Crippen LogP contribution is -2.30. The van der Waals surface area contributed by atoms with Gasteiger partial charge in [0.25, 0.3) is 0 Å². The number of hydrazine groups is 1. The molecule has 0 saturated carbocycles. The predicted octanol–water partition coefficient (Wildman–Crippen LogP) is 2.00. The van der Waals surface area contributed by atoms with E-state index in [2.05, 4.69) is 36.5 Å². The lowest BCUT2D eigenvalue weighted by Gasteiger charge is -2.17. The van der Waals surface area contributed by atoms with E-state index in [1.807, 2.05) is 32.0 Å². The highest BCUT2D eigenvalue weighted by Gasteiger charge is 2.15. The zero-order valence-electron chi connectivity index (χ0n) is 10.9. The van der Waals surface area contributed by atoms with Crippen LogP contribution in [0.5, 0.6) is 0 Å². The molecule has 0 saturated heterocycles. The lowest BCUT2D eigenvalue weighted by atomic mass is 10.0. The fraction of sp³-hybridized carbons (Fsp3) is 0.308. The SMILES string of the molecule is Cc1cc(C(Cc2ccc(Br)cn2)NN)c(C)nn1. The largest absolute Gasteiger partial charge is 0.271 e. The van der Waals surface area contributed by atoms with Crippen molar-refractivity contribution >= 4 is 15.9 Å². The summed E-state index contributed by atoms with van der Waals surface area (Å²) in [4.78, 5) is 4.37. The third kappa shape index (κ3) is 3.56. The van der Waals surface area contributed by atoms with Gasteiger partial charge in [-0.05, 0) is 53.5 Å². The van der Waals surface area contributed by atoms with Gasteiger partial charge in [-0.25, -0.2) is 0 Å². The van der Waals surface area contributed by atoms with Crippen molar-refractivity contribution in [2.24, 2.45) is 5.84 Å². The molecule has 2 heterocycles. The Morgan fingerprint density at radius 1 is 1.32 bits per heavy atom. The highest BCUT2D eigenvalue weighted by Crippen LogP contribution is 2.20. The van der Waals surface area contributed by atoms with E-state index in [0.717, 1.165) is 27.1 Å². The first-order chi connectivity index (χ1) is 9.10. The van der Waals surface area contributed by atoms with Gasteiger partial charge in [-0.1, -0.05) is 0 Å². The summed E-state index contributed by atoms with van der Waals surface area (Å²) in [6.07, 6.45) is 2.49. The molecular formula is C13H16BrN5. The molecule has 0 radical (unpaired) electrons. The van der Waals surface area contributed by atoms with E-state index in [1.165, 1.54) is 0 Å². The Labute approximate surface area is 120 Å². The summed E-state index contributed by atoms with van der Waals surface area (Å²) in [5, 5.41) is 8.16. The molecular weight excluding hydrogens is 306 g/mol. The number of nitrogens with zero attached hydrogens (tertiary/aromatic N) is 3. The summed E-state index contributed by atoms with van der Waals surface area (Å²) >= 11 is 3.37. The molecule has 0 amide bonds. The van der Waals surface area contributed by atoms with E-state index in [-0.39, 0.29) is 6.04 Å². The molecule has 2 rings (SSSR count). The monoisotopic (exact) mass is 321 g/mol. The molecule has 2 aromatic heterocycles. The quantitative estimate of drug-likeness (QED) is 0.665. The van der Waals surface area contributed by atoms with E-state index in [1.54, 1.807) is 6.20 Å². The Kier molecular flexibility index (Phi) is 4.57. The molecule has 3 N–H and O–H groups in total. The van der Waals surface area contributed by atoms with Crippen molar-refractivity contribution in [3.8, 4) is 0 Å². The van der Waals surface area contributed by atoms with Crippen LogP contribution in [0.1, 0.15) is 28.7 Å². The Morgan fingerprint density at radius 2 is 2.11 bits per heavy atom. The predicted molar refractivity (Wildman–Crippen MR) is 77.2 cm³/mol. The average Bonchev–Trinajstić information content (AvgIpc) is 2.41. The standard InChI is InChI=1S/C13H16BrN5/c1-8-5-12(9(2)19-18-8)13(17-15)6-11-4-3-10(14)7-16-11/h3-5,7,13,17H,6,15H2,1-2H3. The number of aromatic nitrogens is 3. The highest BCUT2D eigenvalue weighted by molar-refractivity contribution is 9.10. The third-order valence-corrected chi connectivity index (χ3v) is 3.39. The highest BCUT2D eigenvalue weighted by atomic mass is 79.9. The van der Waals surface area contributed by atoms with Crippen LogP contribution in [-0.2, 0) is 6.42 Å². The average molecular weight is 322 g/mol. The van der Waals surface area contributed by atoms with Crippen LogP contribution in [0.3, 0.4) is 0 Å². The molecule has 0 bridgehead atoms. The fourth-order valence-corrected chi connectivity index (χ4v) is 2.15. The van der Waals surface area contributed by atoms with E-state index in [4.69, 9.17) is 5.84 Å². The molecule has 5 nitrogen and oxygen atoms in total. The zero-order chi connectivity index (χ0) is 13.8. The van der Waals surface area contributed by atoms with Crippen LogP contribution in [0, 0.1) is 13.8 Å². The van der Waals surface area contributed by atoms with Crippen molar-refractivity contribution in [1.29, 1.82) is 0 Å². The summed E-state index contributed by atoms with van der Waals surface area (Å²) in [5.74, 6) is 5.67. The molecule has 1 atom stereocenters. The topological polar surface area (TPSA) is 76.7 Å². The minimum atomic E-state index is -0.0251. The Bertz CT molecular complexity index is 555. The number of nitrogens with two attached hydrogens (primary N) is 1. The fourth-order valence-electron chi connectivity index (χ4n) is 1.92. The van der Waals surface area contributed by atoms with E-state index < -0.39 is 0 Å². The second-order valence-electron chi connectivity index (χ2n) is 4.42. The van der Waals surface area contributed by atoms with Crippen LogP contribution in [-0.4, -0.2) is 15.2 Å². The van der Waals surface area contributed by atoms with E-state index in [9.17, 15) is 0 Å². The van der Waals surface area contributed by atoms with Crippen molar-refractivity contribution in [3.63, 3.8) is 0 Å². The van der Waals surface area contributed by atoms with Crippen molar-refractivity contribution in [3.05, 3.63) is 51.5 Å². The first-order valence-corrected chi connectivity index (χ1v) is 6.77. The maximum Gasteiger partial charge on any atom is 0.0648 e. The molecule has 100 valence electrons. The van der Waals surface area contributed by atoms with Crippen LogP contribution >= 0.6 is 15.9 Å². The summed E-state index contributed by atoms with van der Waals surface area (Å²) in [6, 6.07) is 5.93. The second-order valence-corrected chi connectivity index (χ2v) is 5.33. The number of aryl methyl sites for hydroxylation is 2. The summed E-state index contributed by atoms with van der Waals surface area (Å²) in [7, 11) is 0. The van der Waals surface area contributed by atoms with Crippen molar-refractivity contribution in [2.75, 3.05) is 0 Å². The number of pyridine rings is 1. The van der Waals surface area contributed by atoms with Crippen molar-refractivity contribution in [2.45, 2.75) is 26.3 Å². The zero-order valence-corrected chi connectivity index (χ0v) is 12.5. The van der Waals surface area contributed by atoms with Crippen molar-refractivity contribution in [1.82, 2.24) is 20.6 Å². The molecule has 0 aliphatic heterocycles. The summed E-state index contributed by atoms with van der Waals surface area (Å²) in [6.45, 7) is 3.85. The number of nitrogens with one attached hydrogen (secondary N) is 1. The van der Waals surface area contributed by atoms with Crippen molar-refractivity contribution < 1.29 is 0 Å². The molecule has 0 aliphatic carbocycles. The van der Waals surface area contributed by atoms with E-state index in [0.29, 0.717) is 6.42 Å². The van der Waals surface area contributed by atoms with Gasteiger partial charge in [0.05, 0.1) is 17.4 Å². The van der Waals surface area contributed by atoms with Gasteiger partial charge in [-0.15, -0.1) is 0 Å². The van der Waals surface area contributed by atoms with Gasteiger partial charge in [-0.3, -0.25) is 16.3 Å². The van der Waals surface area contributed by atoms with Crippen LogP contribution in [0.15, 0.2) is 28.9 Å². The van der Waals surface area contributed by atoms with E-state index >= 15 is 0 Å². The van der Waals surface area contributed by atoms with Gasteiger partial charge in [-0.2, -0.15) is 10.2 Å².